The van der Waals surface area contributed by atoms with Gasteiger partial charge in [0.1, 0.15) is 0 Å². The Morgan fingerprint density at radius 3 is 2.23 bits per heavy atom. The van der Waals surface area contributed by atoms with Crippen LogP contribution in [0.3, 0.4) is 0 Å². The van der Waals surface area contributed by atoms with Gasteiger partial charge in [0.15, 0.2) is 0 Å². The quantitative estimate of drug-likeness (QED) is 0.423. The van der Waals surface area contributed by atoms with Crippen LogP contribution in [0.25, 0.3) is 33.6 Å². The summed E-state index contributed by atoms with van der Waals surface area (Å²) in [5.74, 6) is 1.97. The van der Waals surface area contributed by atoms with Crippen LogP contribution in [0, 0.1) is 0 Å². The first-order valence-corrected chi connectivity index (χ1v) is 8.48. The summed E-state index contributed by atoms with van der Waals surface area (Å²) >= 11 is 0. The van der Waals surface area contributed by atoms with Crippen molar-refractivity contribution in [3.05, 3.63) is 73.3 Å². The molecule has 0 aliphatic carbocycles. The molecule has 6 heteroatoms. The molecular formula is C20H18N6. The van der Waals surface area contributed by atoms with Gasteiger partial charge in [0.25, 0.3) is 0 Å². The van der Waals surface area contributed by atoms with Crippen LogP contribution in [0.15, 0.2) is 73.3 Å². The van der Waals surface area contributed by atoms with Crippen molar-refractivity contribution < 1.29 is 0 Å². The molecule has 0 N–H and O–H groups in total. The highest BCUT2D eigenvalue weighted by atomic mass is 15.2. The molecule has 4 heterocycles. The summed E-state index contributed by atoms with van der Waals surface area (Å²) in [5.41, 5.74) is 4.63. The van der Waals surface area contributed by atoms with Crippen molar-refractivity contribution >= 4 is 33.6 Å². The Kier molecular flexibility index (Phi) is 3.12. The SMILES string of the molecule is Cn1c2ccccc2n2ccnc12.Cn1ccn2c3ccccc3nc12. The van der Waals surface area contributed by atoms with Crippen molar-refractivity contribution in [3.8, 4) is 0 Å². The van der Waals surface area contributed by atoms with Crippen molar-refractivity contribution in [3.63, 3.8) is 0 Å². The van der Waals surface area contributed by atoms with Crippen LogP contribution in [0.5, 0.6) is 0 Å². The third-order valence-electron chi connectivity index (χ3n) is 4.76. The molecule has 0 atom stereocenters. The normalized spacial score (nSPS) is 11.5. The van der Waals surface area contributed by atoms with E-state index >= 15 is 0 Å². The van der Waals surface area contributed by atoms with Crippen molar-refractivity contribution in [2.24, 2.45) is 14.1 Å². The first-order valence-electron chi connectivity index (χ1n) is 8.48. The van der Waals surface area contributed by atoms with Gasteiger partial charge in [-0.3, -0.25) is 8.80 Å². The van der Waals surface area contributed by atoms with Gasteiger partial charge in [0, 0.05) is 38.9 Å². The second-order valence-corrected chi connectivity index (χ2v) is 6.32. The molecule has 0 unspecified atom stereocenters. The Morgan fingerprint density at radius 2 is 1.38 bits per heavy atom. The summed E-state index contributed by atoms with van der Waals surface area (Å²) in [6, 6.07) is 16.4. The van der Waals surface area contributed by atoms with Crippen molar-refractivity contribution in [2.45, 2.75) is 0 Å². The number of aryl methyl sites for hydroxylation is 2. The number of fused-ring (bicyclic) bond motifs is 6. The lowest BCUT2D eigenvalue weighted by molar-refractivity contribution is 0.940. The number of nitrogens with zero attached hydrogens (tertiary/aromatic N) is 6. The van der Waals surface area contributed by atoms with Crippen molar-refractivity contribution in [1.82, 2.24) is 27.9 Å². The van der Waals surface area contributed by atoms with Gasteiger partial charge < -0.3 is 9.13 Å². The minimum Gasteiger partial charge on any atom is -0.320 e. The maximum absolute atomic E-state index is 4.50. The molecule has 0 aliphatic heterocycles. The molecule has 0 saturated carbocycles. The maximum atomic E-state index is 4.50. The van der Waals surface area contributed by atoms with E-state index in [0.29, 0.717) is 0 Å². The van der Waals surface area contributed by atoms with Crippen LogP contribution in [0.1, 0.15) is 0 Å². The molecule has 26 heavy (non-hydrogen) atoms. The Morgan fingerprint density at radius 1 is 0.692 bits per heavy atom. The summed E-state index contributed by atoms with van der Waals surface area (Å²) < 4.78 is 8.29. The van der Waals surface area contributed by atoms with Crippen molar-refractivity contribution in [2.75, 3.05) is 0 Å². The van der Waals surface area contributed by atoms with E-state index in [4.69, 9.17) is 0 Å². The van der Waals surface area contributed by atoms with Gasteiger partial charge in [0.2, 0.25) is 11.6 Å². The zero-order chi connectivity index (χ0) is 17.7. The lowest BCUT2D eigenvalue weighted by atomic mass is 10.3. The minimum atomic E-state index is 0.987. The molecule has 0 bridgehead atoms. The molecule has 4 aromatic heterocycles. The highest BCUT2D eigenvalue weighted by Crippen LogP contribution is 2.18. The largest absolute Gasteiger partial charge is 0.320 e. The highest BCUT2D eigenvalue weighted by molar-refractivity contribution is 5.80. The molecule has 6 rings (SSSR count). The van der Waals surface area contributed by atoms with Gasteiger partial charge in [-0.2, -0.15) is 0 Å². The Hall–Kier alpha value is -3.54. The zero-order valence-electron chi connectivity index (χ0n) is 14.6. The molecule has 128 valence electrons. The number of hydrogen-bond donors (Lipinski definition) is 0. The van der Waals surface area contributed by atoms with Gasteiger partial charge in [-0.05, 0) is 24.3 Å². The minimum absolute atomic E-state index is 0.987. The fourth-order valence-electron chi connectivity index (χ4n) is 3.45. The number of hydrogen-bond acceptors (Lipinski definition) is 2. The number of benzene rings is 2. The maximum Gasteiger partial charge on any atom is 0.214 e. The van der Waals surface area contributed by atoms with E-state index in [9.17, 15) is 0 Å². The van der Waals surface area contributed by atoms with Crippen molar-refractivity contribution in [1.29, 1.82) is 0 Å². The van der Waals surface area contributed by atoms with Crippen LogP contribution in [-0.2, 0) is 14.1 Å². The van der Waals surface area contributed by atoms with Gasteiger partial charge in [-0.25, -0.2) is 9.97 Å². The Balaban J connectivity index is 0.000000115. The predicted octanol–water partition coefficient (Wildman–Crippen LogP) is 3.65. The first-order chi connectivity index (χ1) is 12.7. The Labute approximate surface area is 149 Å². The van der Waals surface area contributed by atoms with E-state index in [1.165, 1.54) is 11.0 Å². The lowest BCUT2D eigenvalue weighted by Crippen LogP contribution is -1.87. The van der Waals surface area contributed by atoms with Crippen LogP contribution in [0.2, 0.25) is 0 Å². The van der Waals surface area contributed by atoms with E-state index in [2.05, 4.69) is 41.5 Å². The van der Waals surface area contributed by atoms with Gasteiger partial charge in [0.05, 0.1) is 22.1 Å². The molecule has 6 aromatic rings. The fraction of sp³-hybridized carbons (Fsp3) is 0.100. The van der Waals surface area contributed by atoms with Gasteiger partial charge in [-0.1, -0.05) is 24.3 Å². The van der Waals surface area contributed by atoms with E-state index in [1.807, 2.05) is 73.8 Å². The summed E-state index contributed by atoms with van der Waals surface area (Å²) in [7, 11) is 4.03. The molecular weight excluding hydrogens is 324 g/mol. The molecule has 0 aliphatic rings. The molecule has 0 fully saturated rings. The van der Waals surface area contributed by atoms with E-state index in [0.717, 1.165) is 22.6 Å². The fourth-order valence-corrected chi connectivity index (χ4v) is 3.45. The molecule has 0 radical (unpaired) electrons. The van der Waals surface area contributed by atoms with E-state index < -0.39 is 0 Å². The van der Waals surface area contributed by atoms with Crippen LogP contribution in [-0.4, -0.2) is 27.9 Å². The number of imidazole rings is 4. The molecule has 0 saturated heterocycles. The van der Waals surface area contributed by atoms with Gasteiger partial charge in [-0.15, -0.1) is 0 Å². The average molecular weight is 342 g/mol. The third-order valence-corrected chi connectivity index (χ3v) is 4.76. The summed E-state index contributed by atoms with van der Waals surface area (Å²) in [6.45, 7) is 0. The Bertz CT molecular complexity index is 1360. The molecule has 0 amide bonds. The van der Waals surface area contributed by atoms with Crippen LogP contribution in [0.4, 0.5) is 0 Å². The number of para-hydroxylation sites is 4. The zero-order valence-corrected chi connectivity index (χ0v) is 14.6. The molecule has 6 nitrogen and oxygen atoms in total. The monoisotopic (exact) mass is 342 g/mol. The third kappa shape index (κ3) is 2.05. The standard InChI is InChI=1S/2C10H9N3/c1-12-6-7-13-9-5-3-2-4-8(9)11-10(12)13;1-12-8-4-2-3-5-9(8)13-7-6-11-10(12)13/h2*2-7H,1H3. The summed E-state index contributed by atoms with van der Waals surface area (Å²) in [5, 5.41) is 0. The summed E-state index contributed by atoms with van der Waals surface area (Å²) in [4.78, 5) is 8.78. The number of aromatic nitrogens is 6. The molecule has 0 spiro atoms. The topological polar surface area (TPSA) is 44.5 Å². The predicted molar refractivity (Wildman–Crippen MR) is 103 cm³/mol. The second kappa shape index (κ2) is 5.49. The smallest absolute Gasteiger partial charge is 0.214 e. The summed E-state index contributed by atoms with van der Waals surface area (Å²) in [6.07, 6.45) is 7.85. The van der Waals surface area contributed by atoms with E-state index in [-0.39, 0.29) is 0 Å². The van der Waals surface area contributed by atoms with Crippen LogP contribution < -0.4 is 0 Å². The van der Waals surface area contributed by atoms with Crippen LogP contribution >= 0.6 is 0 Å². The van der Waals surface area contributed by atoms with Gasteiger partial charge >= 0.3 is 0 Å². The second-order valence-electron chi connectivity index (χ2n) is 6.32. The average Bonchev–Trinajstić information content (AvgIpc) is 3.41. The highest BCUT2D eigenvalue weighted by Gasteiger charge is 2.06. The lowest BCUT2D eigenvalue weighted by Gasteiger charge is -1.92. The first kappa shape index (κ1) is 14.8. The number of rotatable bonds is 0. The molecule has 2 aromatic carbocycles. The van der Waals surface area contributed by atoms with E-state index in [1.54, 1.807) is 0 Å².